The van der Waals surface area contributed by atoms with Crippen LogP contribution in [0.1, 0.15) is 24.8 Å². The fourth-order valence-corrected chi connectivity index (χ4v) is 2.00. The van der Waals surface area contributed by atoms with Crippen LogP contribution in [0.5, 0.6) is 5.75 Å². The van der Waals surface area contributed by atoms with E-state index in [1.165, 1.54) is 4.90 Å². The van der Waals surface area contributed by atoms with Gasteiger partial charge in [-0.1, -0.05) is 12.1 Å². The Morgan fingerprint density at radius 1 is 1.00 bits per heavy atom. The van der Waals surface area contributed by atoms with Gasteiger partial charge in [0, 0.05) is 40.5 Å². The lowest BCUT2D eigenvalue weighted by molar-refractivity contribution is -0.139. The van der Waals surface area contributed by atoms with Gasteiger partial charge in [-0.25, -0.2) is 4.79 Å². The van der Waals surface area contributed by atoms with E-state index in [4.69, 9.17) is 9.84 Å². The molecule has 7 nitrogen and oxygen atoms in total. The van der Waals surface area contributed by atoms with Crippen molar-refractivity contribution in [2.45, 2.75) is 25.8 Å². The molecule has 0 atom stereocenters. The maximum atomic E-state index is 12.1. The number of carbonyl (C=O) groups is 3. The third-order valence-electron chi connectivity index (χ3n) is 3.41. The van der Waals surface area contributed by atoms with Gasteiger partial charge in [-0.05, 0) is 24.1 Å². The number of hydrogen-bond acceptors (Lipinski definition) is 4. The lowest BCUT2D eigenvalue weighted by Gasteiger charge is -2.18. The molecule has 1 aromatic rings. The number of benzene rings is 1. The topological polar surface area (TPSA) is 87.2 Å². The first kappa shape index (κ1) is 19.5. The second-order valence-electron chi connectivity index (χ2n) is 5.72. The van der Waals surface area contributed by atoms with E-state index in [-0.39, 0.29) is 18.4 Å². The maximum Gasteiger partial charge on any atom is 0.341 e. The van der Waals surface area contributed by atoms with Crippen LogP contribution < -0.4 is 4.74 Å². The van der Waals surface area contributed by atoms with Crippen LogP contribution in [0.15, 0.2) is 24.3 Å². The summed E-state index contributed by atoms with van der Waals surface area (Å²) in [5.74, 6) is -0.565. The first-order valence-corrected chi connectivity index (χ1v) is 7.67. The zero-order chi connectivity index (χ0) is 18.1. The Kier molecular flexibility index (Phi) is 7.74. The van der Waals surface area contributed by atoms with Gasteiger partial charge >= 0.3 is 5.97 Å². The standard InChI is InChI=1S/C17H24N2O5/c1-18(2)15(20)5-4-6-16(21)19(3)11-13-7-9-14(10-8-13)24-12-17(22)23/h7-10H,4-6,11-12H2,1-3H3,(H,22,23). The number of amides is 2. The monoisotopic (exact) mass is 336 g/mol. The predicted molar refractivity (Wildman–Crippen MR) is 88.6 cm³/mol. The van der Waals surface area contributed by atoms with E-state index in [1.54, 1.807) is 50.3 Å². The number of carbonyl (C=O) groups excluding carboxylic acids is 2. The summed E-state index contributed by atoms with van der Waals surface area (Å²) in [6.07, 6.45) is 1.22. The lowest BCUT2D eigenvalue weighted by Crippen LogP contribution is -2.27. The van der Waals surface area contributed by atoms with Gasteiger partial charge in [-0.15, -0.1) is 0 Å². The van der Waals surface area contributed by atoms with E-state index in [2.05, 4.69) is 0 Å². The van der Waals surface area contributed by atoms with Gasteiger partial charge in [0.05, 0.1) is 0 Å². The number of aliphatic carboxylic acids is 1. The largest absolute Gasteiger partial charge is 0.482 e. The molecule has 0 aliphatic carbocycles. The molecule has 0 bridgehead atoms. The Morgan fingerprint density at radius 3 is 2.12 bits per heavy atom. The van der Waals surface area contributed by atoms with E-state index < -0.39 is 5.97 Å². The number of ether oxygens (including phenoxy) is 1. The van der Waals surface area contributed by atoms with E-state index in [1.807, 2.05) is 0 Å². The molecule has 7 heteroatoms. The molecule has 0 aliphatic rings. The van der Waals surface area contributed by atoms with Crippen LogP contribution in [0.3, 0.4) is 0 Å². The molecule has 132 valence electrons. The molecular weight excluding hydrogens is 312 g/mol. The summed E-state index contributed by atoms with van der Waals surface area (Å²) < 4.78 is 5.05. The van der Waals surface area contributed by atoms with Crippen LogP contribution in [0.2, 0.25) is 0 Å². The second kappa shape index (κ2) is 9.54. The second-order valence-corrected chi connectivity index (χ2v) is 5.72. The van der Waals surface area contributed by atoms with Gasteiger partial charge in [0.25, 0.3) is 0 Å². The highest BCUT2D eigenvalue weighted by atomic mass is 16.5. The predicted octanol–water partition coefficient (Wildman–Crippen LogP) is 1.37. The van der Waals surface area contributed by atoms with Crippen LogP contribution in [-0.4, -0.2) is 60.4 Å². The number of hydrogen-bond donors (Lipinski definition) is 1. The molecule has 1 rings (SSSR count). The van der Waals surface area contributed by atoms with Crippen molar-refractivity contribution in [1.82, 2.24) is 9.80 Å². The van der Waals surface area contributed by atoms with Gasteiger partial charge in [-0.2, -0.15) is 0 Å². The van der Waals surface area contributed by atoms with Crippen molar-refractivity contribution in [3.8, 4) is 5.75 Å². The Morgan fingerprint density at radius 2 is 1.58 bits per heavy atom. The zero-order valence-electron chi connectivity index (χ0n) is 14.3. The van der Waals surface area contributed by atoms with Crippen molar-refractivity contribution in [2.75, 3.05) is 27.7 Å². The summed E-state index contributed by atoms with van der Waals surface area (Å²) in [7, 11) is 5.10. The van der Waals surface area contributed by atoms with Crippen molar-refractivity contribution in [3.63, 3.8) is 0 Å². The SMILES string of the molecule is CN(C)C(=O)CCCC(=O)N(C)Cc1ccc(OCC(=O)O)cc1. The summed E-state index contributed by atoms with van der Waals surface area (Å²) in [6, 6.07) is 6.92. The van der Waals surface area contributed by atoms with Gasteiger partial charge < -0.3 is 19.6 Å². The fourth-order valence-electron chi connectivity index (χ4n) is 2.00. The number of rotatable bonds is 9. The molecule has 0 aliphatic heterocycles. The zero-order valence-corrected chi connectivity index (χ0v) is 14.3. The minimum atomic E-state index is -1.03. The van der Waals surface area contributed by atoms with Crippen molar-refractivity contribution >= 4 is 17.8 Å². The summed E-state index contributed by atoms with van der Waals surface area (Å²) >= 11 is 0. The Hall–Kier alpha value is -2.57. The molecule has 2 amide bonds. The van der Waals surface area contributed by atoms with Crippen molar-refractivity contribution in [1.29, 1.82) is 0 Å². The minimum absolute atomic E-state index is 0.0161. The fraction of sp³-hybridized carbons (Fsp3) is 0.471. The third-order valence-corrected chi connectivity index (χ3v) is 3.41. The summed E-state index contributed by atoms with van der Waals surface area (Å²) in [5, 5.41) is 8.55. The average Bonchev–Trinajstić information content (AvgIpc) is 2.53. The maximum absolute atomic E-state index is 12.1. The molecule has 0 saturated carbocycles. The van der Waals surface area contributed by atoms with Crippen LogP contribution in [0.4, 0.5) is 0 Å². The molecule has 0 aromatic heterocycles. The highest BCUT2D eigenvalue weighted by molar-refractivity contribution is 5.78. The number of nitrogens with zero attached hydrogens (tertiary/aromatic N) is 2. The number of carboxylic acid groups (broad SMARTS) is 1. The normalized spacial score (nSPS) is 10.1. The van der Waals surface area contributed by atoms with Crippen LogP contribution in [-0.2, 0) is 20.9 Å². The quantitative estimate of drug-likeness (QED) is 0.736. The van der Waals surface area contributed by atoms with Crippen LogP contribution in [0.25, 0.3) is 0 Å². The molecular formula is C17H24N2O5. The van der Waals surface area contributed by atoms with Crippen LogP contribution >= 0.6 is 0 Å². The smallest absolute Gasteiger partial charge is 0.341 e. The summed E-state index contributed by atoms with van der Waals surface area (Å²) in [6.45, 7) is 0.0586. The highest BCUT2D eigenvalue weighted by Crippen LogP contribution is 2.14. The van der Waals surface area contributed by atoms with Gasteiger partial charge in [-0.3, -0.25) is 9.59 Å². The molecule has 0 fully saturated rings. The first-order chi connectivity index (χ1) is 11.3. The van der Waals surface area contributed by atoms with Crippen molar-refractivity contribution in [3.05, 3.63) is 29.8 Å². The Balaban J connectivity index is 2.40. The lowest BCUT2D eigenvalue weighted by atomic mass is 10.1. The molecule has 0 spiro atoms. The molecule has 1 aromatic carbocycles. The summed E-state index contributed by atoms with van der Waals surface area (Å²) in [5.41, 5.74) is 0.915. The van der Waals surface area contributed by atoms with Gasteiger partial charge in [0.1, 0.15) is 5.75 Å². The Labute approximate surface area is 141 Å². The molecule has 0 unspecified atom stereocenters. The van der Waals surface area contributed by atoms with Crippen molar-refractivity contribution in [2.24, 2.45) is 0 Å². The highest BCUT2D eigenvalue weighted by Gasteiger charge is 2.11. The summed E-state index contributed by atoms with van der Waals surface area (Å²) in [4.78, 5) is 37.1. The van der Waals surface area contributed by atoms with Crippen molar-refractivity contribution < 1.29 is 24.2 Å². The number of carboxylic acids is 1. The van der Waals surface area contributed by atoms with E-state index in [0.717, 1.165) is 5.56 Å². The van der Waals surface area contributed by atoms with Gasteiger partial charge in [0.2, 0.25) is 11.8 Å². The molecule has 0 heterocycles. The van der Waals surface area contributed by atoms with E-state index in [9.17, 15) is 14.4 Å². The first-order valence-electron chi connectivity index (χ1n) is 7.67. The van der Waals surface area contributed by atoms with Crippen LogP contribution in [0, 0.1) is 0 Å². The molecule has 0 saturated heterocycles. The Bertz CT molecular complexity index is 569. The average molecular weight is 336 g/mol. The molecule has 0 radical (unpaired) electrons. The molecule has 1 N–H and O–H groups in total. The third kappa shape index (κ3) is 7.13. The van der Waals surface area contributed by atoms with E-state index >= 15 is 0 Å². The van der Waals surface area contributed by atoms with E-state index in [0.29, 0.717) is 31.6 Å². The van der Waals surface area contributed by atoms with Gasteiger partial charge in [0.15, 0.2) is 6.61 Å². The minimum Gasteiger partial charge on any atom is -0.482 e. The molecule has 24 heavy (non-hydrogen) atoms.